The van der Waals surface area contributed by atoms with E-state index >= 15 is 0 Å². The Bertz CT molecular complexity index is 580. The minimum Gasteiger partial charge on any atom is -0.481 e. The van der Waals surface area contributed by atoms with Gasteiger partial charge in [-0.25, -0.2) is 0 Å². The van der Waals surface area contributed by atoms with Gasteiger partial charge in [-0.05, 0) is 31.0 Å². The maximum atomic E-state index is 10.6. The molecular formula is C12H12ClN3O2. The summed E-state index contributed by atoms with van der Waals surface area (Å²) in [7, 11) is 0. The van der Waals surface area contributed by atoms with E-state index < -0.39 is 5.97 Å². The molecule has 1 aromatic carbocycles. The standard InChI is InChI=1S/C12H12ClN3O2/c1-8-15-14-7-16(8)11-6-9(2-4-10(11)13)3-5-12(17)18/h2,4,6-7H,3,5H2,1H3,(H,17,18). The quantitative estimate of drug-likeness (QED) is 0.921. The average molecular weight is 266 g/mol. The van der Waals surface area contributed by atoms with Gasteiger partial charge in [0.05, 0.1) is 10.7 Å². The Hall–Kier alpha value is -1.88. The van der Waals surface area contributed by atoms with Crippen LogP contribution in [0.1, 0.15) is 17.8 Å². The van der Waals surface area contributed by atoms with Gasteiger partial charge in [-0.1, -0.05) is 17.7 Å². The molecule has 6 heteroatoms. The van der Waals surface area contributed by atoms with E-state index in [2.05, 4.69) is 10.2 Å². The number of rotatable bonds is 4. The first kappa shape index (κ1) is 12.6. The lowest BCUT2D eigenvalue weighted by Crippen LogP contribution is -2.00. The monoisotopic (exact) mass is 265 g/mol. The van der Waals surface area contributed by atoms with Crippen LogP contribution in [0.25, 0.3) is 5.69 Å². The maximum absolute atomic E-state index is 10.6. The number of carbonyl (C=O) groups is 1. The highest BCUT2D eigenvalue weighted by Gasteiger charge is 2.08. The Balaban J connectivity index is 2.33. The van der Waals surface area contributed by atoms with Gasteiger partial charge >= 0.3 is 5.97 Å². The van der Waals surface area contributed by atoms with Crippen LogP contribution in [0.2, 0.25) is 5.02 Å². The number of aryl methyl sites for hydroxylation is 2. The summed E-state index contributed by atoms with van der Waals surface area (Å²) >= 11 is 6.13. The smallest absolute Gasteiger partial charge is 0.303 e. The largest absolute Gasteiger partial charge is 0.481 e. The second kappa shape index (κ2) is 5.18. The number of hydrogen-bond acceptors (Lipinski definition) is 3. The van der Waals surface area contributed by atoms with Crippen molar-refractivity contribution in [2.45, 2.75) is 19.8 Å². The van der Waals surface area contributed by atoms with Crippen LogP contribution in [0.5, 0.6) is 0 Å². The molecule has 0 unspecified atom stereocenters. The molecular weight excluding hydrogens is 254 g/mol. The fourth-order valence-corrected chi connectivity index (χ4v) is 1.89. The molecule has 0 saturated carbocycles. The van der Waals surface area contributed by atoms with Crippen molar-refractivity contribution in [2.75, 3.05) is 0 Å². The van der Waals surface area contributed by atoms with Crippen LogP contribution >= 0.6 is 11.6 Å². The molecule has 5 nitrogen and oxygen atoms in total. The lowest BCUT2D eigenvalue weighted by atomic mass is 10.1. The molecule has 1 heterocycles. The molecule has 0 bridgehead atoms. The lowest BCUT2D eigenvalue weighted by Gasteiger charge is -2.08. The first-order chi connectivity index (χ1) is 8.58. The fraction of sp³-hybridized carbons (Fsp3) is 0.250. The van der Waals surface area contributed by atoms with Gasteiger partial charge in [0.15, 0.2) is 0 Å². The van der Waals surface area contributed by atoms with Gasteiger partial charge in [0, 0.05) is 6.42 Å². The maximum Gasteiger partial charge on any atom is 0.303 e. The first-order valence-corrected chi connectivity index (χ1v) is 5.83. The molecule has 0 saturated heterocycles. The Labute approximate surface area is 109 Å². The molecule has 18 heavy (non-hydrogen) atoms. The molecule has 94 valence electrons. The SMILES string of the molecule is Cc1nncn1-c1cc(CCC(=O)O)ccc1Cl. The highest BCUT2D eigenvalue weighted by atomic mass is 35.5. The Kier molecular flexibility index (Phi) is 3.62. The van der Waals surface area contributed by atoms with E-state index in [1.54, 1.807) is 17.0 Å². The summed E-state index contributed by atoms with van der Waals surface area (Å²) in [6, 6.07) is 5.45. The van der Waals surface area contributed by atoms with Crippen molar-refractivity contribution in [3.63, 3.8) is 0 Å². The van der Waals surface area contributed by atoms with Crippen molar-refractivity contribution in [3.8, 4) is 5.69 Å². The third-order valence-corrected chi connectivity index (χ3v) is 2.94. The van der Waals surface area contributed by atoms with Crippen molar-refractivity contribution in [1.82, 2.24) is 14.8 Å². The Morgan fingerprint density at radius 3 is 2.89 bits per heavy atom. The van der Waals surface area contributed by atoms with Crippen LogP contribution in [-0.2, 0) is 11.2 Å². The van der Waals surface area contributed by atoms with Crippen LogP contribution in [0, 0.1) is 6.92 Å². The summed E-state index contributed by atoms with van der Waals surface area (Å²) in [5, 5.41) is 17.0. The lowest BCUT2D eigenvalue weighted by molar-refractivity contribution is -0.136. The predicted octanol–water partition coefficient (Wildman–Crippen LogP) is 2.25. The Morgan fingerprint density at radius 1 is 1.50 bits per heavy atom. The minimum absolute atomic E-state index is 0.0994. The van der Waals surface area contributed by atoms with Gasteiger partial charge in [-0.15, -0.1) is 10.2 Å². The van der Waals surface area contributed by atoms with E-state index in [9.17, 15) is 4.79 Å². The van der Waals surface area contributed by atoms with Gasteiger partial charge in [0.25, 0.3) is 0 Å². The van der Waals surface area contributed by atoms with E-state index in [-0.39, 0.29) is 6.42 Å². The molecule has 0 fully saturated rings. The third-order valence-electron chi connectivity index (χ3n) is 2.62. The van der Waals surface area contributed by atoms with Crippen molar-refractivity contribution in [2.24, 2.45) is 0 Å². The van der Waals surface area contributed by atoms with E-state index in [1.807, 2.05) is 19.1 Å². The molecule has 0 spiro atoms. The number of nitrogens with zero attached hydrogens (tertiary/aromatic N) is 3. The van der Waals surface area contributed by atoms with Crippen molar-refractivity contribution in [3.05, 3.63) is 40.9 Å². The number of carboxylic acids is 1. The third kappa shape index (κ3) is 2.68. The zero-order valence-corrected chi connectivity index (χ0v) is 10.6. The highest BCUT2D eigenvalue weighted by molar-refractivity contribution is 6.32. The van der Waals surface area contributed by atoms with Gasteiger partial charge in [-0.2, -0.15) is 0 Å². The van der Waals surface area contributed by atoms with Crippen LogP contribution < -0.4 is 0 Å². The molecule has 1 N–H and O–H groups in total. The second-order valence-corrected chi connectivity index (χ2v) is 4.33. The topological polar surface area (TPSA) is 68.0 Å². The fourth-order valence-electron chi connectivity index (χ4n) is 1.68. The molecule has 0 aliphatic carbocycles. The van der Waals surface area contributed by atoms with Crippen molar-refractivity contribution >= 4 is 17.6 Å². The summed E-state index contributed by atoms with van der Waals surface area (Å²) in [4.78, 5) is 10.6. The van der Waals surface area contributed by atoms with Gasteiger partial charge in [0.1, 0.15) is 12.2 Å². The number of benzene rings is 1. The second-order valence-electron chi connectivity index (χ2n) is 3.93. The zero-order chi connectivity index (χ0) is 13.1. The van der Waals surface area contributed by atoms with Crippen molar-refractivity contribution < 1.29 is 9.90 Å². The predicted molar refractivity (Wildman–Crippen MR) is 67.1 cm³/mol. The summed E-state index contributed by atoms with van der Waals surface area (Å²) in [5.41, 5.74) is 1.69. The molecule has 0 aliphatic rings. The van der Waals surface area contributed by atoms with Gasteiger partial charge in [0.2, 0.25) is 0 Å². The highest BCUT2D eigenvalue weighted by Crippen LogP contribution is 2.23. The number of aliphatic carboxylic acids is 1. The number of carboxylic acid groups (broad SMARTS) is 1. The zero-order valence-electron chi connectivity index (χ0n) is 9.80. The van der Waals surface area contributed by atoms with Crippen LogP contribution in [0.4, 0.5) is 0 Å². The molecule has 0 radical (unpaired) electrons. The van der Waals surface area contributed by atoms with Crippen molar-refractivity contribution in [1.29, 1.82) is 0 Å². The summed E-state index contributed by atoms with van der Waals surface area (Å²) in [5.74, 6) is -0.0840. The van der Waals surface area contributed by atoms with E-state index in [4.69, 9.17) is 16.7 Å². The molecule has 2 aromatic rings. The van der Waals surface area contributed by atoms with E-state index in [1.165, 1.54) is 0 Å². The summed E-state index contributed by atoms with van der Waals surface area (Å²) in [6.07, 6.45) is 2.15. The van der Waals surface area contributed by atoms with Crippen LogP contribution in [0.15, 0.2) is 24.5 Å². The molecule has 2 rings (SSSR count). The summed E-state index contributed by atoms with van der Waals surface area (Å²) < 4.78 is 1.77. The van der Waals surface area contributed by atoms with Gasteiger partial charge in [-0.3, -0.25) is 9.36 Å². The van der Waals surface area contributed by atoms with Gasteiger partial charge < -0.3 is 5.11 Å². The number of hydrogen-bond donors (Lipinski definition) is 1. The number of aromatic nitrogens is 3. The van der Waals surface area contributed by atoms with E-state index in [0.29, 0.717) is 11.4 Å². The average Bonchev–Trinajstić information content (AvgIpc) is 2.74. The molecule has 0 amide bonds. The molecule has 0 aliphatic heterocycles. The minimum atomic E-state index is -0.813. The van der Waals surface area contributed by atoms with E-state index in [0.717, 1.165) is 17.1 Å². The number of halogens is 1. The normalized spacial score (nSPS) is 10.6. The van der Waals surface area contributed by atoms with Crippen LogP contribution in [-0.4, -0.2) is 25.8 Å². The first-order valence-electron chi connectivity index (χ1n) is 5.45. The summed E-state index contributed by atoms with van der Waals surface area (Å²) in [6.45, 7) is 1.83. The Morgan fingerprint density at radius 2 is 2.28 bits per heavy atom. The van der Waals surface area contributed by atoms with Crippen LogP contribution in [0.3, 0.4) is 0 Å². The molecule has 1 aromatic heterocycles. The molecule has 0 atom stereocenters.